The van der Waals surface area contributed by atoms with Gasteiger partial charge in [-0.1, -0.05) is 0 Å². The van der Waals surface area contributed by atoms with E-state index in [-0.39, 0.29) is 5.91 Å². The number of pyridine rings is 1. The molecule has 0 radical (unpaired) electrons. The molecule has 0 N–H and O–H groups in total. The SMILES string of the molecule is Cn1cc(C(=O)N2CCC[C@H]2CCc2ccncc2)cn1. The number of aryl methyl sites for hydroxylation is 2. The van der Waals surface area contributed by atoms with Gasteiger partial charge >= 0.3 is 0 Å². The van der Waals surface area contributed by atoms with Crippen molar-refractivity contribution in [2.75, 3.05) is 6.54 Å². The lowest BCUT2D eigenvalue weighted by Crippen LogP contribution is -2.35. The zero-order valence-electron chi connectivity index (χ0n) is 12.3. The normalized spacial score (nSPS) is 18.1. The van der Waals surface area contributed by atoms with Crippen LogP contribution in [0.5, 0.6) is 0 Å². The second kappa shape index (κ2) is 6.08. The molecule has 21 heavy (non-hydrogen) atoms. The van der Waals surface area contributed by atoms with Gasteiger partial charge in [0.15, 0.2) is 0 Å². The van der Waals surface area contributed by atoms with Crippen molar-refractivity contribution in [2.45, 2.75) is 31.7 Å². The van der Waals surface area contributed by atoms with Crippen LogP contribution in [0.2, 0.25) is 0 Å². The van der Waals surface area contributed by atoms with Gasteiger partial charge in [-0.15, -0.1) is 0 Å². The highest BCUT2D eigenvalue weighted by Gasteiger charge is 2.29. The molecule has 2 aromatic rings. The van der Waals surface area contributed by atoms with Crippen molar-refractivity contribution in [1.82, 2.24) is 19.7 Å². The summed E-state index contributed by atoms with van der Waals surface area (Å²) in [6.07, 6.45) is 11.3. The monoisotopic (exact) mass is 284 g/mol. The lowest BCUT2D eigenvalue weighted by atomic mass is 10.0. The third-order valence-electron chi connectivity index (χ3n) is 4.11. The minimum atomic E-state index is 0.111. The topological polar surface area (TPSA) is 51.0 Å². The fourth-order valence-electron chi connectivity index (χ4n) is 2.98. The molecule has 0 aliphatic carbocycles. The van der Waals surface area contributed by atoms with Crippen molar-refractivity contribution in [3.8, 4) is 0 Å². The molecule has 110 valence electrons. The van der Waals surface area contributed by atoms with Gasteiger partial charge in [-0.05, 0) is 43.4 Å². The first kappa shape index (κ1) is 13.8. The van der Waals surface area contributed by atoms with E-state index in [9.17, 15) is 4.79 Å². The van der Waals surface area contributed by atoms with Crippen molar-refractivity contribution in [3.63, 3.8) is 0 Å². The molecular weight excluding hydrogens is 264 g/mol. The van der Waals surface area contributed by atoms with Gasteiger partial charge in [-0.25, -0.2) is 0 Å². The number of nitrogens with zero attached hydrogens (tertiary/aromatic N) is 4. The van der Waals surface area contributed by atoms with E-state index in [1.807, 2.05) is 36.5 Å². The van der Waals surface area contributed by atoms with E-state index in [0.29, 0.717) is 11.6 Å². The quantitative estimate of drug-likeness (QED) is 0.863. The van der Waals surface area contributed by atoms with Gasteiger partial charge in [0.25, 0.3) is 5.91 Å². The summed E-state index contributed by atoms with van der Waals surface area (Å²) in [6.45, 7) is 0.856. The van der Waals surface area contributed by atoms with Crippen molar-refractivity contribution in [1.29, 1.82) is 0 Å². The van der Waals surface area contributed by atoms with Gasteiger partial charge in [0.05, 0.1) is 11.8 Å². The number of carbonyl (C=O) groups excluding carboxylic acids is 1. The highest BCUT2D eigenvalue weighted by Crippen LogP contribution is 2.23. The van der Waals surface area contributed by atoms with Gasteiger partial charge in [0, 0.05) is 38.2 Å². The average molecular weight is 284 g/mol. The van der Waals surface area contributed by atoms with Gasteiger partial charge in [0.2, 0.25) is 0 Å². The maximum atomic E-state index is 12.5. The third kappa shape index (κ3) is 3.12. The Bertz CT molecular complexity index is 608. The summed E-state index contributed by atoms with van der Waals surface area (Å²) in [7, 11) is 1.84. The maximum absolute atomic E-state index is 12.5. The second-order valence-electron chi connectivity index (χ2n) is 5.59. The molecule has 0 spiro atoms. The number of likely N-dealkylation sites (tertiary alicyclic amines) is 1. The van der Waals surface area contributed by atoms with Gasteiger partial charge < -0.3 is 4.90 Å². The molecule has 5 heteroatoms. The van der Waals surface area contributed by atoms with Crippen LogP contribution in [0, 0.1) is 0 Å². The molecule has 0 aromatic carbocycles. The standard InChI is InChI=1S/C16H20N4O/c1-19-12-14(11-18-19)16(21)20-10-2-3-15(20)5-4-13-6-8-17-9-7-13/h6-9,11-12,15H,2-5,10H2,1H3/t15-/m0/s1. The fourth-order valence-corrected chi connectivity index (χ4v) is 2.98. The summed E-state index contributed by atoms with van der Waals surface area (Å²) in [5, 5.41) is 4.09. The number of carbonyl (C=O) groups is 1. The predicted molar refractivity (Wildman–Crippen MR) is 79.8 cm³/mol. The Morgan fingerprint density at radius 3 is 2.90 bits per heavy atom. The summed E-state index contributed by atoms with van der Waals surface area (Å²) in [5.41, 5.74) is 1.97. The minimum Gasteiger partial charge on any atom is -0.336 e. The Morgan fingerprint density at radius 1 is 1.38 bits per heavy atom. The van der Waals surface area contributed by atoms with E-state index in [1.54, 1.807) is 17.1 Å². The Morgan fingerprint density at radius 2 is 2.19 bits per heavy atom. The average Bonchev–Trinajstić information content (AvgIpc) is 3.14. The Balaban J connectivity index is 1.64. The van der Waals surface area contributed by atoms with Crippen molar-refractivity contribution < 1.29 is 4.79 Å². The lowest BCUT2D eigenvalue weighted by Gasteiger charge is -2.24. The molecule has 0 unspecified atom stereocenters. The van der Waals surface area contributed by atoms with E-state index in [2.05, 4.69) is 10.1 Å². The van der Waals surface area contributed by atoms with Crippen LogP contribution >= 0.6 is 0 Å². The Labute approximate surface area is 124 Å². The van der Waals surface area contributed by atoms with Gasteiger partial charge in [-0.3, -0.25) is 14.5 Å². The highest BCUT2D eigenvalue weighted by atomic mass is 16.2. The maximum Gasteiger partial charge on any atom is 0.257 e. The zero-order valence-corrected chi connectivity index (χ0v) is 12.3. The summed E-state index contributed by atoms with van der Waals surface area (Å²) in [6, 6.07) is 4.43. The molecule has 1 aliphatic heterocycles. The number of hydrogen-bond donors (Lipinski definition) is 0. The highest BCUT2D eigenvalue weighted by molar-refractivity contribution is 5.94. The molecule has 1 saturated heterocycles. The molecule has 0 bridgehead atoms. The third-order valence-corrected chi connectivity index (χ3v) is 4.11. The largest absolute Gasteiger partial charge is 0.336 e. The van der Waals surface area contributed by atoms with Crippen LogP contribution in [-0.4, -0.2) is 38.2 Å². The van der Waals surface area contributed by atoms with Crippen LogP contribution in [0.25, 0.3) is 0 Å². The van der Waals surface area contributed by atoms with Crippen LogP contribution in [0.1, 0.15) is 35.2 Å². The summed E-state index contributed by atoms with van der Waals surface area (Å²) in [5.74, 6) is 0.111. The first-order chi connectivity index (χ1) is 10.2. The first-order valence-corrected chi connectivity index (χ1v) is 7.42. The molecule has 1 atom stereocenters. The summed E-state index contributed by atoms with van der Waals surface area (Å²) < 4.78 is 1.68. The zero-order chi connectivity index (χ0) is 14.7. The lowest BCUT2D eigenvalue weighted by molar-refractivity contribution is 0.0730. The van der Waals surface area contributed by atoms with Crippen molar-refractivity contribution >= 4 is 5.91 Å². The number of rotatable bonds is 4. The number of aromatic nitrogens is 3. The summed E-state index contributed by atoms with van der Waals surface area (Å²) in [4.78, 5) is 18.6. The molecule has 3 heterocycles. The smallest absolute Gasteiger partial charge is 0.257 e. The molecule has 2 aromatic heterocycles. The van der Waals surface area contributed by atoms with Crippen LogP contribution in [-0.2, 0) is 13.5 Å². The van der Waals surface area contributed by atoms with E-state index in [1.165, 1.54) is 5.56 Å². The van der Waals surface area contributed by atoms with Gasteiger partial charge in [0.1, 0.15) is 0 Å². The van der Waals surface area contributed by atoms with Crippen molar-refractivity contribution in [2.24, 2.45) is 7.05 Å². The van der Waals surface area contributed by atoms with Crippen LogP contribution in [0.4, 0.5) is 0 Å². The van der Waals surface area contributed by atoms with E-state index in [0.717, 1.165) is 32.2 Å². The molecule has 1 amide bonds. The molecule has 0 saturated carbocycles. The van der Waals surface area contributed by atoms with Crippen LogP contribution < -0.4 is 0 Å². The number of amides is 1. The van der Waals surface area contributed by atoms with E-state index >= 15 is 0 Å². The van der Waals surface area contributed by atoms with Crippen LogP contribution in [0.15, 0.2) is 36.9 Å². The molecular formula is C16H20N4O. The predicted octanol–water partition coefficient (Wildman–Crippen LogP) is 2.05. The number of hydrogen-bond acceptors (Lipinski definition) is 3. The van der Waals surface area contributed by atoms with Crippen molar-refractivity contribution in [3.05, 3.63) is 48.0 Å². The second-order valence-corrected chi connectivity index (χ2v) is 5.59. The van der Waals surface area contributed by atoms with Gasteiger partial charge in [-0.2, -0.15) is 5.10 Å². The molecule has 1 aliphatic rings. The minimum absolute atomic E-state index is 0.111. The first-order valence-electron chi connectivity index (χ1n) is 7.42. The molecule has 1 fully saturated rings. The van der Waals surface area contributed by atoms with E-state index < -0.39 is 0 Å². The molecule has 5 nitrogen and oxygen atoms in total. The van der Waals surface area contributed by atoms with Crippen LogP contribution in [0.3, 0.4) is 0 Å². The summed E-state index contributed by atoms with van der Waals surface area (Å²) >= 11 is 0. The fraction of sp³-hybridized carbons (Fsp3) is 0.438. The molecule has 3 rings (SSSR count). The Hall–Kier alpha value is -2.17. The van der Waals surface area contributed by atoms with E-state index in [4.69, 9.17) is 0 Å². The Kier molecular flexibility index (Phi) is 3.99.